The lowest BCUT2D eigenvalue weighted by Crippen LogP contribution is -2.19. The van der Waals surface area contributed by atoms with Gasteiger partial charge in [0.15, 0.2) is 6.61 Å². The summed E-state index contributed by atoms with van der Waals surface area (Å²) in [4.78, 5) is 16.1. The van der Waals surface area contributed by atoms with E-state index in [9.17, 15) is 31.1 Å². The van der Waals surface area contributed by atoms with Crippen molar-refractivity contribution in [1.29, 1.82) is 0 Å². The van der Waals surface area contributed by atoms with E-state index >= 15 is 0 Å². The van der Waals surface area contributed by atoms with Crippen LogP contribution in [-0.2, 0) is 11.0 Å². The van der Waals surface area contributed by atoms with Gasteiger partial charge < -0.3 is 10.1 Å². The first-order valence-electron chi connectivity index (χ1n) is 9.11. The molecule has 1 aliphatic carbocycles. The summed E-state index contributed by atoms with van der Waals surface area (Å²) in [5.41, 5.74) is -0.114. The molecule has 0 unspecified atom stereocenters. The zero-order valence-corrected chi connectivity index (χ0v) is 15.8. The fourth-order valence-corrected chi connectivity index (χ4v) is 2.85. The molecule has 10 heteroatoms. The molecule has 1 heterocycles. The Kier molecular flexibility index (Phi) is 5.96. The summed E-state index contributed by atoms with van der Waals surface area (Å²) in [6, 6.07) is 5.68. The van der Waals surface area contributed by atoms with Gasteiger partial charge in [0.05, 0.1) is 11.8 Å². The maximum absolute atomic E-state index is 13.2. The minimum Gasteiger partial charge on any atom is -0.483 e. The average molecular weight is 432 g/mol. The lowest BCUT2D eigenvalue weighted by atomic mass is 9.93. The predicted molar refractivity (Wildman–Crippen MR) is 96.1 cm³/mol. The summed E-state index contributed by atoms with van der Waals surface area (Å²) in [5.74, 6) is -1.18. The zero-order chi connectivity index (χ0) is 22.1. The van der Waals surface area contributed by atoms with Gasteiger partial charge in [0.2, 0.25) is 5.91 Å². The topological polar surface area (TPSA) is 51.2 Å². The maximum atomic E-state index is 13.2. The molecule has 1 atom stereocenters. The Morgan fingerprint density at radius 3 is 2.40 bits per heavy atom. The highest BCUT2D eigenvalue weighted by Crippen LogP contribution is 2.38. The average Bonchev–Trinajstić information content (AvgIpc) is 3.50. The van der Waals surface area contributed by atoms with Crippen LogP contribution in [0.2, 0.25) is 0 Å². The van der Waals surface area contributed by atoms with Crippen molar-refractivity contribution in [3.05, 3.63) is 53.3 Å². The first-order valence-corrected chi connectivity index (χ1v) is 9.11. The number of carbonyl (C=O) groups excluding carboxylic acids is 1. The number of hydrogen-bond acceptors (Lipinski definition) is 3. The second-order valence-corrected chi connectivity index (χ2v) is 7.11. The molecular weight excluding hydrogens is 414 g/mol. The van der Waals surface area contributed by atoms with Crippen LogP contribution < -0.4 is 10.1 Å². The van der Waals surface area contributed by atoms with Crippen molar-refractivity contribution >= 4 is 11.6 Å². The van der Waals surface area contributed by atoms with Crippen molar-refractivity contribution in [2.75, 3.05) is 11.9 Å². The fraction of sp³-hybridized carbons (Fsp3) is 0.400. The van der Waals surface area contributed by atoms with Crippen LogP contribution in [0, 0.1) is 5.92 Å². The molecular formula is C20H18F6N2O2. The van der Waals surface area contributed by atoms with Gasteiger partial charge in [0.25, 0.3) is 0 Å². The van der Waals surface area contributed by atoms with Gasteiger partial charge in [0, 0.05) is 23.2 Å². The molecule has 0 aliphatic heterocycles. The van der Waals surface area contributed by atoms with Crippen molar-refractivity contribution in [2.24, 2.45) is 5.92 Å². The molecule has 2 aromatic rings. The van der Waals surface area contributed by atoms with Crippen molar-refractivity contribution < 1.29 is 35.9 Å². The van der Waals surface area contributed by atoms with Crippen molar-refractivity contribution in [3.8, 4) is 5.75 Å². The summed E-state index contributed by atoms with van der Waals surface area (Å²) >= 11 is 0. The third-order valence-electron chi connectivity index (χ3n) is 4.66. The molecule has 0 saturated heterocycles. The van der Waals surface area contributed by atoms with Crippen LogP contribution in [0.4, 0.5) is 32.0 Å². The Hall–Kier alpha value is -2.78. The third kappa shape index (κ3) is 5.64. The van der Waals surface area contributed by atoms with Gasteiger partial charge in [-0.2, -0.15) is 26.3 Å². The number of anilines is 1. The van der Waals surface area contributed by atoms with Gasteiger partial charge in [-0.1, -0.05) is 6.92 Å². The molecule has 1 aromatic carbocycles. The number of nitrogens with zero attached hydrogens (tertiary/aromatic N) is 1. The van der Waals surface area contributed by atoms with E-state index in [1.54, 1.807) is 6.92 Å². The lowest BCUT2D eigenvalue weighted by molar-refractivity contribution is -0.153. The van der Waals surface area contributed by atoms with Crippen LogP contribution in [0.3, 0.4) is 0 Å². The normalized spacial score (nSPS) is 15.6. The van der Waals surface area contributed by atoms with Crippen LogP contribution in [0.25, 0.3) is 0 Å². The number of amides is 1. The number of halogens is 6. The minimum absolute atomic E-state index is 0.116. The SMILES string of the molecule is C[C@@H](c1ccc(OCC(F)(F)F)cn1)c1cc(C(F)(F)F)ccc1NC(=O)C1CC1. The van der Waals surface area contributed by atoms with E-state index in [4.69, 9.17) is 0 Å². The second-order valence-electron chi connectivity index (χ2n) is 7.11. The Morgan fingerprint density at radius 1 is 1.17 bits per heavy atom. The standard InChI is InChI=1S/C20H18F6N2O2/c1-11(16-7-5-14(9-27-16)30-10-19(21,22)23)15-8-13(20(24,25)26)4-6-17(15)28-18(29)12-2-3-12/h4-9,11-12H,2-3,10H2,1H3,(H,28,29)/t11-/m1/s1. The van der Waals surface area contributed by atoms with Gasteiger partial charge >= 0.3 is 12.4 Å². The minimum atomic E-state index is -4.57. The predicted octanol–water partition coefficient (Wildman–Crippen LogP) is 5.54. The van der Waals surface area contributed by atoms with E-state index in [0.29, 0.717) is 5.69 Å². The molecule has 4 nitrogen and oxygen atoms in total. The molecule has 0 radical (unpaired) electrons. The number of hydrogen-bond donors (Lipinski definition) is 1. The lowest BCUT2D eigenvalue weighted by Gasteiger charge is -2.19. The van der Waals surface area contributed by atoms with Crippen LogP contribution >= 0.6 is 0 Å². The van der Waals surface area contributed by atoms with Gasteiger partial charge in [-0.05, 0) is 48.7 Å². The van der Waals surface area contributed by atoms with Crippen LogP contribution in [0.15, 0.2) is 36.5 Å². The van der Waals surface area contributed by atoms with Crippen LogP contribution in [0.5, 0.6) is 5.75 Å². The number of carbonyl (C=O) groups is 1. The van der Waals surface area contributed by atoms with Crippen molar-refractivity contribution in [3.63, 3.8) is 0 Å². The number of aromatic nitrogens is 1. The summed E-state index contributed by atoms with van der Waals surface area (Å²) < 4.78 is 80.9. The quantitative estimate of drug-likeness (QED) is 0.610. The Bertz CT molecular complexity index is 905. The highest BCUT2D eigenvalue weighted by Gasteiger charge is 2.34. The van der Waals surface area contributed by atoms with Crippen molar-refractivity contribution in [2.45, 2.75) is 38.0 Å². The van der Waals surface area contributed by atoms with Gasteiger partial charge in [-0.25, -0.2) is 0 Å². The van der Waals surface area contributed by atoms with Gasteiger partial charge in [-0.15, -0.1) is 0 Å². The largest absolute Gasteiger partial charge is 0.483 e. The monoisotopic (exact) mass is 432 g/mol. The van der Waals surface area contributed by atoms with E-state index in [0.717, 1.165) is 31.2 Å². The Balaban J connectivity index is 1.86. The van der Waals surface area contributed by atoms with Gasteiger partial charge in [-0.3, -0.25) is 9.78 Å². The first-order chi connectivity index (χ1) is 13.9. The number of alkyl halides is 6. The molecule has 1 N–H and O–H groups in total. The molecule has 1 aliphatic rings. The molecule has 1 saturated carbocycles. The number of nitrogens with one attached hydrogen (secondary N) is 1. The van der Waals surface area contributed by atoms with Gasteiger partial charge in [0.1, 0.15) is 5.75 Å². The molecule has 1 amide bonds. The molecule has 3 rings (SSSR count). The highest BCUT2D eigenvalue weighted by molar-refractivity contribution is 5.94. The second kappa shape index (κ2) is 8.16. The maximum Gasteiger partial charge on any atom is 0.422 e. The van der Waals surface area contributed by atoms with E-state index in [1.807, 2.05) is 0 Å². The summed E-state index contributed by atoms with van der Waals surface area (Å²) in [7, 11) is 0. The molecule has 30 heavy (non-hydrogen) atoms. The Labute approximate surface area is 168 Å². The van der Waals surface area contributed by atoms with E-state index in [-0.39, 0.29) is 28.8 Å². The number of benzene rings is 1. The Morgan fingerprint density at radius 2 is 1.87 bits per heavy atom. The van der Waals surface area contributed by atoms with E-state index in [2.05, 4.69) is 15.0 Å². The fourth-order valence-electron chi connectivity index (χ4n) is 2.85. The molecule has 1 aromatic heterocycles. The number of pyridine rings is 1. The summed E-state index contributed by atoms with van der Waals surface area (Å²) in [6.45, 7) is 0.120. The number of ether oxygens (including phenoxy) is 1. The number of rotatable bonds is 6. The molecule has 1 fully saturated rings. The van der Waals surface area contributed by atoms with E-state index in [1.165, 1.54) is 18.2 Å². The smallest absolute Gasteiger partial charge is 0.422 e. The first kappa shape index (κ1) is 21.9. The molecule has 0 spiro atoms. The van der Waals surface area contributed by atoms with Crippen LogP contribution in [-0.4, -0.2) is 23.7 Å². The summed E-state index contributed by atoms with van der Waals surface area (Å²) in [6.07, 6.45) is -6.53. The zero-order valence-electron chi connectivity index (χ0n) is 15.8. The van der Waals surface area contributed by atoms with Crippen molar-refractivity contribution in [1.82, 2.24) is 4.98 Å². The third-order valence-corrected chi connectivity index (χ3v) is 4.66. The molecule has 162 valence electrons. The van der Waals surface area contributed by atoms with E-state index < -0.39 is 30.4 Å². The summed E-state index contributed by atoms with van der Waals surface area (Å²) in [5, 5.41) is 2.67. The van der Waals surface area contributed by atoms with Crippen LogP contribution in [0.1, 0.15) is 42.5 Å². The molecule has 0 bridgehead atoms. The highest BCUT2D eigenvalue weighted by atomic mass is 19.4.